The van der Waals surface area contributed by atoms with Gasteiger partial charge in [0.2, 0.25) is 0 Å². The number of ether oxygens (including phenoxy) is 1. The molecule has 4 heterocycles. The molecular weight excluding hydrogens is 402 g/mol. The third-order valence-electron chi connectivity index (χ3n) is 5.92. The number of carbonyl (C=O) groups excluding carboxylic acids is 1. The van der Waals surface area contributed by atoms with Crippen LogP contribution in [0.4, 0.5) is 0 Å². The molecule has 0 radical (unpaired) electrons. The summed E-state index contributed by atoms with van der Waals surface area (Å²) < 4.78 is 5.58. The summed E-state index contributed by atoms with van der Waals surface area (Å²) in [6.07, 6.45) is 5.46. The Kier molecular flexibility index (Phi) is 5.64. The Morgan fingerprint density at radius 3 is 2.84 bits per heavy atom. The number of nitrogens with one attached hydrogen (secondary N) is 2. The van der Waals surface area contributed by atoms with Gasteiger partial charge in [-0.2, -0.15) is 5.10 Å². The Hall–Kier alpha value is -3.58. The number of rotatable bonds is 5. The van der Waals surface area contributed by atoms with Gasteiger partial charge in [-0.05, 0) is 74.7 Å². The van der Waals surface area contributed by atoms with Gasteiger partial charge in [0.25, 0.3) is 0 Å². The highest BCUT2D eigenvalue weighted by molar-refractivity contribution is 5.95. The number of esters is 1. The summed E-state index contributed by atoms with van der Waals surface area (Å²) in [4.78, 5) is 21.7. The average molecular weight is 428 g/mol. The van der Waals surface area contributed by atoms with E-state index in [2.05, 4.69) is 25.5 Å². The van der Waals surface area contributed by atoms with E-state index in [0.29, 0.717) is 18.1 Å². The minimum Gasteiger partial charge on any atom is -0.462 e. The lowest BCUT2D eigenvalue weighted by atomic mass is 9.99. The van der Waals surface area contributed by atoms with E-state index < -0.39 is 0 Å². The molecule has 2 N–H and O–H groups in total. The van der Waals surface area contributed by atoms with Crippen molar-refractivity contribution < 1.29 is 9.53 Å². The van der Waals surface area contributed by atoms with Crippen LogP contribution in [0, 0.1) is 12.8 Å². The van der Waals surface area contributed by atoms with Crippen molar-refractivity contribution in [3.63, 3.8) is 0 Å². The van der Waals surface area contributed by atoms with E-state index in [0.717, 1.165) is 65.0 Å². The molecule has 162 valence electrons. The molecule has 7 heteroatoms. The molecule has 0 bridgehead atoms. The first-order valence-corrected chi connectivity index (χ1v) is 10.9. The van der Waals surface area contributed by atoms with Crippen LogP contribution in [0.1, 0.15) is 28.9 Å². The molecule has 3 aromatic heterocycles. The van der Waals surface area contributed by atoms with Gasteiger partial charge < -0.3 is 10.1 Å². The minimum absolute atomic E-state index is 0.323. The normalized spacial score (nSPS) is 14.5. The molecule has 1 aliphatic heterocycles. The van der Waals surface area contributed by atoms with Crippen molar-refractivity contribution in [1.82, 2.24) is 25.5 Å². The maximum Gasteiger partial charge on any atom is 0.339 e. The number of aryl methyl sites for hydroxylation is 1. The summed E-state index contributed by atoms with van der Waals surface area (Å²) in [6, 6.07) is 13.7. The van der Waals surface area contributed by atoms with Gasteiger partial charge in [-0.25, -0.2) is 4.79 Å². The van der Waals surface area contributed by atoms with Gasteiger partial charge in [0.1, 0.15) is 0 Å². The molecule has 4 aromatic rings. The summed E-state index contributed by atoms with van der Waals surface area (Å²) in [5.74, 6) is 0.103. The number of hydrogen-bond acceptors (Lipinski definition) is 6. The molecule has 0 saturated carbocycles. The van der Waals surface area contributed by atoms with Crippen LogP contribution in [0.15, 0.2) is 54.9 Å². The number of piperidine rings is 1. The second-order valence-electron chi connectivity index (χ2n) is 8.25. The molecule has 5 rings (SSSR count). The molecule has 0 aliphatic carbocycles. The molecule has 1 aromatic carbocycles. The fourth-order valence-corrected chi connectivity index (χ4v) is 4.12. The van der Waals surface area contributed by atoms with Crippen molar-refractivity contribution >= 4 is 16.9 Å². The summed E-state index contributed by atoms with van der Waals surface area (Å²) in [5.41, 5.74) is 5.86. The smallest absolute Gasteiger partial charge is 0.339 e. The van der Waals surface area contributed by atoms with E-state index >= 15 is 0 Å². The Bertz CT molecular complexity index is 1260. The van der Waals surface area contributed by atoms with Crippen molar-refractivity contribution in [1.29, 1.82) is 0 Å². The van der Waals surface area contributed by atoms with E-state index in [1.807, 2.05) is 49.4 Å². The zero-order chi connectivity index (χ0) is 21.9. The quantitative estimate of drug-likeness (QED) is 0.465. The lowest BCUT2D eigenvalue weighted by Crippen LogP contribution is -2.30. The maximum absolute atomic E-state index is 12.6. The van der Waals surface area contributed by atoms with Crippen LogP contribution in [-0.2, 0) is 4.74 Å². The SMILES string of the molecule is Cc1cccc(-c2[nH]ncc2-c2ccc3ncc(C(=O)OCC4CCNCC4)cc3c2)n1. The van der Waals surface area contributed by atoms with Crippen molar-refractivity contribution in [3.05, 3.63) is 66.1 Å². The number of H-pyrrole nitrogens is 1. The largest absolute Gasteiger partial charge is 0.462 e. The first-order chi connectivity index (χ1) is 15.7. The molecule has 0 unspecified atom stereocenters. The molecular formula is C25H25N5O2. The van der Waals surface area contributed by atoms with Crippen molar-refractivity contribution in [2.45, 2.75) is 19.8 Å². The van der Waals surface area contributed by atoms with Gasteiger partial charge in [0.15, 0.2) is 0 Å². The zero-order valence-electron chi connectivity index (χ0n) is 18.0. The number of carbonyl (C=O) groups is 1. The molecule has 1 fully saturated rings. The maximum atomic E-state index is 12.6. The van der Waals surface area contributed by atoms with Gasteiger partial charge in [0, 0.05) is 22.8 Å². The lowest BCUT2D eigenvalue weighted by Gasteiger charge is -2.22. The molecule has 32 heavy (non-hydrogen) atoms. The minimum atomic E-state index is -0.323. The average Bonchev–Trinajstić information content (AvgIpc) is 3.32. The van der Waals surface area contributed by atoms with Gasteiger partial charge in [-0.3, -0.25) is 15.1 Å². The molecule has 7 nitrogen and oxygen atoms in total. The predicted molar refractivity (Wildman–Crippen MR) is 123 cm³/mol. The first kappa shape index (κ1) is 20.3. The fraction of sp³-hybridized carbons (Fsp3) is 0.280. The highest BCUT2D eigenvalue weighted by Gasteiger charge is 2.17. The Morgan fingerprint density at radius 2 is 2.00 bits per heavy atom. The summed E-state index contributed by atoms with van der Waals surface area (Å²) >= 11 is 0. The van der Waals surface area contributed by atoms with E-state index in [9.17, 15) is 4.79 Å². The molecule has 0 spiro atoms. The van der Waals surface area contributed by atoms with E-state index in [4.69, 9.17) is 4.74 Å². The number of fused-ring (bicyclic) bond motifs is 1. The highest BCUT2D eigenvalue weighted by Crippen LogP contribution is 2.31. The second kappa shape index (κ2) is 8.88. The zero-order valence-corrected chi connectivity index (χ0v) is 18.0. The number of hydrogen-bond donors (Lipinski definition) is 2. The Labute approximate surface area is 186 Å². The van der Waals surface area contributed by atoms with Crippen LogP contribution < -0.4 is 5.32 Å². The molecule has 1 aliphatic rings. The standard InChI is InChI=1S/C25H25N5O2/c1-16-3-2-4-23(29-16)24-21(14-28-30-24)18-5-6-22-19(11-18)12-20(13-27-22)25(31)32-15-17-7-9-26-10-8-17/h2-6,11-14,17,26H,7-10,15H2,1H3,(H,28,30). The lowest BCUT2D eigenvalue weighted by molar-refractivity contribution is 0.0415. The summed E-state index contributed by atoms with van der Waals surface area (Å²) in [7, 11) is 0. The second-order valence-corrected chi connectivity index (χ2v) is 8.25. The van der Waals surface area contributed by atoms with Gasteiger partial charge in [0.05, 0.1) is 35.3 Å². The summed E-state index contributed by atoms with van der Waals surface area (Å²) in [6.45, 7) is 4.39. The van der Waals surface area contributed by atoms with Crippen molar-refractivity contribution in [2.24, 2.45) is 5.92 Å². The van der Waals surface area contributed by atoms with Gasteiger partial charge in [-0.15, -0.1) is 0 Å². The third-order valence-corrected chi connectivity index (χ3v) is 5.92. The highest BCUT2D eigenvalue weighted by atomic mass is 16.5. The van der Waals surface area contributed by atoms with Crippen LogP contribution in [0.5, 0.6) is 0 Å². The number of nitrogens with zero attached hydrogens (tertiary/aromatic N) is 3. The monoisotopic (exact) mass is 427 g/mol. The Balaban J connectivity index is 1.41. The van der Waals surface area contributed by atoms with Crippen LogP contribution in [0.2, 0.25) is 0 Å². The summed E-state index contributed by atoms with van der Waals surface area (Å²) in [5, 5.41) is 11.5. The Morgan fingerprint density at radius 1 is 1.12 bits per heavy atom. The van der Waals surface area contributed by atoms with E-state index in [1.165, 1.54) is 0 Å². The number of aromatic nitrogens is 4. The van der Waals surface area contributed by atoms with Crippen LogP contribution in [0.25, 0.3) is 33.4 Å². The molecule has 0 atom stereocenters. The van der Waals surface area contributed by atoms with Gasteiger partial charge >= 0.3 is 5.97 Å². The number of pyridine rings is 2. The van der Waals surface area contributed by atoms with Crippen molar-refractivity contribution in [3.8, 4) is 22.5 Å². The molecule has 1 saturated heterocycles. The fourth-order valence-electron chi connectivity index (χ4n) is 4.12. The van der Waals surface area contributed by atoms with Crippen molar-refractivity contribution in [2.75, 3.05) is 19.7 Å². The molecule has 0 amide bonds. The topological polar surface area (TPSA) is 92.8 Å². The third kappa shape index (κ3) is 4.24. The van der Waals surface area contributed by atoms with E-state index in [-0.39, 0.29) is 5.97 Å². The number of aromatic amines is 1. The predicted octanol–water partition coefficient (Wildman–Crippen LogP) is 4.15. The van der Waals surface area contributed by atoms with Crippen LogP contribution >= 0.6 is 0 Å². The van der Waals surface area contributed by atoms with Crippen LogP contribution in [0.3, 0.4) is 0 Å². The van der Waals surface area contributed by atoms with Crippen LogP contribution in [-0.4, -0.2) is 45.8 Å². The number of benzene rings is 1. The first-order valence-electron chi connectivity index (χ1n) is 10.9. The van der Waals surface area contributed by atoms with Gasteiger partial charge in [-0.1, -0.05) is 12.1 Å². The van der Waals surface area contributed by atoms with E-state index in [1.54, 1.807) is 12.4 Å².